The lowest BCUT2D eigenvalue weighted by atomic mass is 10.0. The van der Waals surface area contributed by atoms with Crippen LogP contribution in [0.25, 0.3) is 0 Å². The second-order valence-corrected chi connectivity index (χ2v) is 3.97. The summed E-state index contributed by atoms with van der Waals surface area (Å²) in [6, 6.07) is 9.37. The normalized spacial score (nSPS) is 12.5. The van der Waals surface area contributed by atoms with Crippen molar-refractivity contribution in [3.63, 3.8) is 0 Å². The molecular weight excluding hydrogens is 188 g/mol. The maximum Gasteiger partial charge on any atom is 0.237 e. The van der Waals surface area contributed by atoms with Gasteiger partial charge in [-0.3, -0.25) is 4.79 Å². The summed E-state index contributed by atoms with van der Waals surface area (Å²) in [6.45, 7) is 4.42. The molecule has 1 unspecified atom stereocenters. The first-order chi connectivity index (χ1) is 7.11. The Balaban J connectivity index is 2.41. The van der Waals surface area contributed by atoms with E-state index in [2.05, 4.69) is 5.32 Å². The first-order valence-electron chi connectivity index (χ1n) is 5.18. The molecule has 1 rings (SSSR count). The van der Waals surface area contributed by atoms with Gasteiger partial charge in [-0.1, -0.05) is 44.2 Å². The Morgan fingerprint density at radius 3 is 2.47 bits per heavy atom. The highest BCUT2D eigenvalue weighted by Gasteiger charge is 2.16. The SMILES string of the molecule is CC(C)C(N)C(=O)NCc1ccccc1. The van der Waals surface area contributed by atoms with Crippen LogP contribution in [0.5, 0.6) is 0 Å². The van der Waals surface area contributed by atoms with E-state index in [0.717, 1.165) is 5.56 Å². The lowest BCUT2D eigenvalue weighted by Crippen LogP contribution is -2.43. The Morgan fingerprint density at radius 1 is 1.33 bits per heavy atom. The predicted octanol–water partition coefficient (Wildman–Crippen LogP) is 1.29. The molecule has 0 saturated heterocycles. The smallest absolute Gasteiger partial charge is 0.237 e. The lowest BCUT2D eigenvalue weighted by molar-refractivity contribution is -0.123. The van der Waals surface area contributed by atoms with Crippen molar-refractivity contribution in [1.29, 1.82) is 0 Å². The molecule has 3 nitrogen and oxygen atoms in total. The quantitative estimate of drug-likeness (QED) is 0.780. The highest BCUT2D eigenvalue weighted by Crippen LogP contribution is 2.00. The summed E-state index contributed by atoms with van der Waals surface area (Å²) in [4.78, 5) is 11.5. The molecule has 1 aromatic carbocycles. The van der Waals surface area contributed by atoms with Crippen molar-refractivity contribution >= 4 is 5.91 Å². The van der Waals surface area contributed by atoms with E-state index in [0.29, 0.717) is 6.54 Å². The van der Waals surface area contributed by atoms with Crippen molar-refractivity contribution in [2.45, 2.75) is 26.4 Å². The Hall–Kier alpha value is -1.35. The molecule has 0 fully saturated rings. The molecule has 0 spiro atoms. The molecule has 1 atom stereocenters. The standard InChI is InChI=1S/C12H18N2O/c1-9(2)11(13)12(15)14-8-10-6-4-3-5-7-10/h3-7,9,11H,8,13H2,1-2H3,(H,14,15). The number of hydrogen-bond donors (Lipinski definition) is 2. The van der Waals surface area contributed by atoms with E-state index >= 15 is 0 Å². The van der Waals surface area contributed by atoms with Crippen LogP contribution in [0.15, 0.2) is 30.3 Å². The van der Waals surface area contributed by atoms with Crippen LogP contribution in [0.1, 0.15) is 19.4 Å². The maximum atomic E-state index is 11.5. The van der Waals surface area contributed by atoms with Gasteiger partial charge in [-0.25, -0.2) is 0 Å². The van der Waals surface area contributed by atoms with Gasteiger partial charge < -0.3 is 11.1 Å². The van der Waals surface area contributed by atoms with Crippen molar-refractivity contribution < 1.29 is 4.79 Å². The topological polar surface area (TPSA) is 55.1 Å². The number of nitrogens with one attached hydrogen (secondary N) is 1. The first-order valence-corrected chi connectivity index (χ1v) is 5.18. The minimum Gasteiger partial charge on any atom is -0.351 e. The Kier molecular flexibility index (Phi) is 4.31. The van der Waals surface area contributed by atoms with Gasteiger partial charge in [-0.15, -0.1) is 0 Å². The van der Waals surface area contributed by atoms with Gasteiger partial charge in [-0.2, -0.15) is 0 Å². The summed E-state index contributed by atoms with van der Waals surface area (Å²) < 4.78 is 0. The number of hydrogen-bond acceptors (Lipinski definition) is 2. The summed E-state index contributed by atoms with van der Waals surface area (Å²) >= 11 is 0. The van der Waals surface area contributed by atoms with Crippen LogP contribution in [0.4, 0.5) is 0 Å². The van der Waals surface area contributed by atoms with Gasteiger partial charge in [0.2, 0.25) is 5.91 Å². The fraction of sp³-hybridized carbons (Fsp3) is 0.417. The third-order valence-electron chi connectivity index (χ3n) is 2.33. The molecule has 1 aromatic rings. The van der Waals surface area contributed by atoms with Crippen LogP contribution in [0.3, 0.4) is 0 Å². The summed E-state index contributed by atoms with van der Waals surface area (Å²) in [6.07, 6.45) is 0. The number of carbonyl (C=O) groups is 1. The largest absolute Gasteiger partial charge is 0.351 e. The summed E-state index contributed by atoms with van der Waals surface area (Å²) in [7, 11) is 0. The fourth-order valence-corrected chi connectivity index (χ4v) is 1.21. The minimum atomic E-state index is -0.422. The molecule has 3 N–H and O–H groups in total. The third kappa shape index (κ3) is 3.72. The van der Waals surface area contributed by atoms with Gasteiger partial charge in [0.25, 0.3) is 0 Å². The fourth-order valence-electron chi connectivity index (χ4n) is 1.21. The molecule has 1 amide bonds. The molecule has 0 heterocycles. The van der Waals surface area contributed by atoms with E-state index in [-0.39, 0.29) is 11.8 Å². The van der Waals surface area contributed by atoms with Crippen LogP contribution in [-0.2, 0) is 11.3 Å². The average molecular weight is 206 g/mol. The zero-order valence-corrected chi connectivity index (χ0v) is 9.23. The van der Waals surface area contributed by atoms with Crippen LogP contribution in [0, 0.1) is 5.92 Å². The van der Waals surface area contributed by atoms with Crippen LogP contribution < -0.4 is 11.1 Å². The van der Waals surface area contributed by atoms with E-state index in [1.54, 1.807) is 0 Å². The van der Waals surface area contributed by atoms with Gasteiger partial charge in [-0.05, 0) is 11.5 Å². The second-order valence-electron chi connectivity index (χ2n) is 3.97. The van der Waals surface area contributed by atoms with E-state index in [1.165, 1.54) is 0 Å². The molecule has 0 aliphatic heterocycles. The number of carbonyl (C=O) groups excluding carboxylic acids is 1. The van der Waals surface area contributed by atoms with Gasteiger partial charge in [0.15, 0.2) is 0 Å². The lowest BCUT2D eigenvalue weighted by Gasteiger charge is -2.15. The third-order valence-corrected chi connectivity index (χ3v) is 2.33. The molecular formula is C12H18N2O. The molecule has 3 heteroatoms. The van der Waals surface area contributed by atoms with E-state index < -0.39 is 6.04 Å². The Morgan fingerprint density at radius 2 is 1.93 bits per heavy atom. The number of benzene rings is 1. The van der Waals surface area contributed by atoms with Crippen molar-refractivity contribution in [3.8, 4) is 0 Å². The van der Waals surface area contributed by atoms with Gasteiger partial charge in [0.05, 0.1) is 6.04 Å². The molecule has 0 aliphatic carbocycles. The Bertz CT molecular complexity index is 309. The number of amides is 1. The first kappa shape index (κ1) is 11.7. The maximum absolute atomic E-state index is 11.5. The highest BCUT2D eigenvalue weighted by molar-refractivity contribution is 5.81. The number of nitrogens with two attached hydrogens (primary N) is 1. The highest BCUT2D eigenvalue weighted by atomic mass is 16.2. The van der Waals surface area contributed by atoms with Crippen molar-refractivity contribution in [2.24, 2.45) is 11.7 Å². The second kappa shape index (κ2) is 5.51. The predicted molar refractivity (Wildman–Crippen MR) is 61.1 cm³/mol. The minimum absolute atomic E-state index is 0.0890. The van der Waals surface area contributed by atoms with Crippen molar-refractivity contribution in [3.05, 3.63) is 35.9 Å². The van der Waals surface area contributed by atoms with Gasteiger partial charge in [0, 0.05) is 6.54 Å². The van der Waals surface area contributed by atoms with Crippen LogP contribution >= 0.6 is 0 Å². The molecule has 0 aromatic heterocycles. The Labute approximate surface area is 90.7 Å². The van der Waals surface area contributed by atoms with Crippen LogP contribution in [-0.4, -0.2) is 11.9 Å². The monoisotopic (exact) mass is 206 g/mol. The summed E-state index contributed by atoms with van der Waals surface area (Å²) in [5.74, 6) is 0.0784. The zero-order chi connectivity index (χ0) is 11.3. The van der Waals surface area contributed by atoms with Crippen molar-refractivity contribution in [1.82, 2.24) is 5.32 Å². The summed E-state index contributed by atoms with van der Waals surface area (Å²) in [5.41, 5.74) is 6.80. The average Bonchev–Trinajstić information content (AvgIpc) is 2.26. The zero-order valence-electron chi connectivity index (χ0n) is 9.23. The molecule has 0 bridgehead atoms. The van der Waals surface area contributed by atoms with E-state index in [9.17, 15) is 4.79 Å². The number of rotatable bonds is 4. The van der Waals surface area contributed by atoms with Gasteiger partial charge in [0.1, 0.15) is 0 Å². The summed E-state index contributed by atoms with van der Waals surface area (Å²) in [5, 5.41) is 2.82. The van der Waals surface area contributed by atoms with E-state index in [4.69, 9.17) is 5.73 Å². The molecule has 0 saturated carbocycles. The van der Waals surface area contributed by atoms with Crippen LogP contribution in [0.2, 0.25) is 0 Å². The van der Waals surface area contributed by atoms with E-state index in [1.807, 2.05) is 44.2 Å². The van der Waals surface area contributed by atoms with Gasteiger partial charge >= 0.3 is 0 Å². The molecule has 0 radical (unpaired) electrons. The molecule has 82 valence electrons. The molecule has 0 aliphatic rings. The van der Waals surface area contributed by atoms with Crippen molar-refractivity contribution in [2.75, 3.05) is 0 Å². The molecule has 15 heavy (non-hydrogen) atoms.